The zero-order valence-electron chi connectivity index (χ0n) is 14.8. The first-order chi connectivity index (χ1) is 13.2. The fraction of sp³-hybridized carbons (Fsp3) is 0.143. The second-order valence-electron chi connectivity index (χ2n) is 6.07. The van der Waals surface area contributed by atoms with E-state index in [1.807, 2.05) is 60.1 Å². The van der Waals surface area contributed by atoms with Crippen molar-refractivity contribution in [1.82, 2.24) is 9.97 Å². The van der Waals surface area contributed by atoms with Crippen molar-refractivity contribution >= 4 is 28.2 Å². The SMILES string of the molecule is COc1cccc(-c2nc(COC(=O)Cc3c[nH]c4ccccc34)cs2)c1. The number of H-pyrrole nitrogens is 1. The number of rotatable bonds is 6. The lowest BCUT2D eigenvalue weighted by Crippen LogP contribution is -2.07. The molecular formula is C21H18N2O3S. The Bertz CT molecular complexity index is 1080. The Balaban J connectivity index is 1.39. The number of benzene rings is 2. The van der Waals surface area contributed by atoms with Gasteiger partial charge < -0.3 is 14.5 Å². The van der Waals surface area contributed by atoms with Gasteiger partial charge in [-0.1, -0.05) is 30.3 Å². The van der Waals surface area contributed by atoms with Crippen LogP contribution in [0.2, 0.25) is 0 Å². The fourth-order valence-electron chi connectivity index (χ4n) is 2.90. The lowest BCUT2D eigenvalue weighted by molar-refractivity contribution is -0.144. The number of ether oxygens (including phenoxy) is 2. The summed E-state index contributed by atoms with van der Waals surface area (Å²) in [5.41, 5.74) is 3.68. The Kier molecular flexibility index (Phi) is 4.89. The van der Waals surface area contributed by atoms with E-state index in [0.29, 0.717) is 0 Å². The maximum atomic E-state index is 12.2. The summed E-state index contributed by atoms with van der Waals surface area (Å²) in [5, 5.41) is 3.83. The van der Waals surface area contributed by atoms with Gasteiger partial charge in [-0.25, -0.2) is 4.98 Å². The Hall–Kier alpha value is -3.12. The Morgan fingerprint density at radius 3 is 2.96 bits per heavy atom. The van der Waals surface area contributed by atoms with Crippen molar-refractivity contribution in [1.29, 1.82) is 0 Å². The third kappa shape index (κ3) is 3.85. The standard InChI is InChI=1S/C21H18N2O3S/c1-25-17-6-4-5-14(9-17)21-23-16(13-27-21)12-26-20(24)10-15-11-22-19-8-3-2-7-18(15)19/h2-9,11,13,22H,10,12H2,1H3. The van der Waals surface area contributed by atoms with Crippen molar-refractivity contribution in [2.45, 2.75) is 13.0 Å². The highest BCUT2D eigenvalue weighted by Crippen LogP contribution is 2.27. The lowest BCUT2D eigenvalue weighted by atomic mass is 10.1. The van der Waals surface area contributed by atoms with Gasteiger partial charge >= 0.3 is 5.97 Å². The second-order valence-corrected chi connectivity index (χ2v) is 6.93. The number of hydrogen-bond donors (Lipinski definition) is 1. The molecular weight excluding hydrogens is 360 g/mol. The van der Waals surface area contributed by atoms with Crippen molar-refractivity contribution in [3.8, 4) is 16.3 Å². The van der Waals surface area contributed by atoms with E-state index in [0.717, 1.165) is 38.5 Å². The minimum Gasteiger partial charge on any atom is -0.497 e. The molecule has 0 unspecified atom stereocenters. The quantitative estimate of drug-likeness (QED) is 0.499. The number of fused-ring (bicyclic) bond motifs is 1. The minimum absolute atomic E-state index is 0.168. The van der Waals surface area contributed by atoms with Gasteiger partial charge in [0.25, 0.3) is 0 Å². The molecule has 0 atom stereocenters. The van der Waals surface area contributed by atoms with Gasteiger partial charge in [0.2, 0.25) is 0 Å². The number of hydrogen-bond acceptors (Lipinski definition) is 5. The van der Waals surface area contributed by atoms with Crippen LogP contribution in [-0.2, 0) is 22.6 Å². The summed E-state index contributed by atoms with van der Waals surface area (Å²) in [5.74, 6) is 0.519. The van der Waals surface area contributed by atoms with E-state index in [-0.39, 0.29) is 19.0 Å². The number of carbonyl (C=O) groups excluding carboxylic acids is 1. The largest absolute Gasteiger partial charge is 0.497 e. The van der Waals surface area contributed by atoms with Crippen LogP contribution in [0.25, 0.3) is 21.5 Å². The molecule has 4 aromatic rings. The van der Waals surface area contributed by atoms with Crippen LogP contribution in [0.5, 0.6) is 5.75 Å². The van der Waals surface area contributed by atoms with Crippen LogP contribution in [0.3, 0.4) is 0 Å². The van der Waals surface area contributed by atoms with Crippen LogP contribution < -0.4 is 4.74 Å². The van der Waals surface area contributed by atoms with E-state index in [1.54, 1.807) is 7.11 Å². The summed E-state index contributed by atoms with van der Waals surface area (Å²) in [4.78, 5) is 19.9. The highest BCUT2D eigenvalue weighted by atomic mass is 32.1. The van der Waals surface area contributed by atoms with Crippen LogP contribution >= 0.6 is 11.3 Å². The molecule has 136 valence electrons. The number of esters is 1. The first-order valence-electron chi connectivity index (χ1n) is 8.52. The number of aromatic nitrogens is 2. The number of carbonyl (C=O) groups is 1. The van der Waals surface area contributed by atoms with Gasteiger partial charge in [0, 0.05) is 28.0 Å². The second kappa shape index (κ2) is 7.63. The molecule has 0 fully saturated rings. The van der Waals surface area contributed by atoms with Crippen LogP contribution in [0.4, 0.5) is 0 Å². The zero-order valence-corrected chi connectivity index (χ0v) is 15.6. The molecule has 5 nitrogen and oxygen atoms in total. The molecule has 0 amide bonds. The minimum atomic E-state index is -0.268. The first kappa shape index (κ1) is 17.3. The van der Waals surface area contributed by atoms with Crippen LogP contribution in [-0.4, -0.2) is 23.0 Å². The van der Waals surface area contributed by atoms with E-state index < -0.39 is 0 Å². The molecule has 4 rings (SSSR count). The lowest BCUT2D eigenvalue weighted by Gasteiger charge is -2.03. The smallest absolute Gasteiger partial charge is 0.310 e. The number of aromatic amines is 1. The summed E-state index contributed by atoms with van der Waals surface area (Å²) in [6, 6.07) is 15.6. The summed E-state index contributed by atoms with van der Waals surface area (Å²) in [7, 11) is 1.64. The van der Waals surface area contributed by atoms with Crippen molar-refractivity contribution in [2.24, 2.45) is 0 Å². The van der Waals surface area contributed by atoms with E-state index >= 15 is 0 Å². The van der Waals surface area contributed by atoms with Gasteiger partial charge in [0.05, 0.1) is 19.2 Å². The number of nitrogens with zero attached hydrogens (tertiary/aromatic N) is 1. The van der Waals surface area contributed by atoms with E-state index in [1.165, 1.54) is 11.3 Å². The van der Waals surface area contributed by atoms with Crippen molar-refractivity contribution in [2.75, 3.05) is 7.11 Å². The molecule has 2 aromatic carbocycles. The summed E-state index contributed by atoms with van der Waals surface area (Å²) in [6.45, 7) is 0.168. The Morgan fingerprint density at radius 1 is 1.19 bits per heavy atom. The normalized spacial score (nSPS) is 10.9. The maximum Gasteiger partial charge on any atom is 0.310 e. The molecule has 0 aliphatic rings. The molecule has 2 aromatic heterocycles. The molecule has 0 aliphatic heterocycles. The molecule has 2 heterocycles. The van der Waals surface area contributed by atoms with Gasteiger partial charge in [-0.2, -0.15) is 0 Å². The molecule has 0 radical (unpaired) electrons. The molecule has 0 bridgehead atoms. The van der Waals surface area contributed by atoms with Crippen LogP contribution in [0.1, 0.15) is 11.3 Å². The molecule has 27 heavy (non-hydrogen) atoms. The van der Waals surface area contributed by atoms with Crippen molar-refractivity contribution in [3.63, 3.8) is 0 Å². The van der Waals surface area contributed by atoms with Gasteiger partial charge in [-0.05, 0) is 23.8 Å². The molecule has 0 spiro atoms. The topological polar surface area (TPSA) is 64.2 Å². The van der Waals surface area contributed by atoms with Crippen LogP contribution in [0, 0.1) is 0 Å². The zero-order chi connectivity index (χ0) is 18.6. The molecule has 0 saturated carbocycles. The predicted octanol–water partition coefficient (Wildman–Crippen LogP) is 4.59. The third-order valence-corrected chi connectivity index (χ3v) is 5.20. The highest BCUT2D eigenvalue weighted by Gasteiger charge is 2.11. The Morgan fingerprint density at radius 2 is 2.07 bits per heavy atom. The number of methoxy groups -OCH3 is 1. The predicted molar refractivity (Wildman–Crippen MR) is 106 cm³/mol. The highest BCUT2D eigenvalue weighted by molar-refractivity contribution is 7.13. The third-order valence-electron chi connectivity index (χ3n) is 4.26. The molecule has 0 saturated heterocycles. The van der Waals surface area contributed by atoms with Crippen molar-refractivity contribution in [3.05, 3.63) is 71.4 Å². The average molecular weight is 378 g/mol. The van der Waals surface area contributed by atoms with Gasteiger partial charge in [0.15, 0.2) is 0 Å². The molecule has 6 heteroatoms. The van der Waals surface area contributed by atoms with Gasteiger partial charge in [-0.15, -0.1) is 11.3 Å². The maximum absolute atomic E-state index is 12.2. The van der Waals surface area contributed by atoms with E-state index in [4.69, 9.17) is 9.47 Å². The fourth-order valence-corrected chi connectivity index (χ4v) is 3.70. The summed E-state index contributed by atoms with van der Waals surface area (Å²) < 4.78 is 10.7. The number of nitrogens with one attached hydrogen (secondary N) is 1. The summed E-state index contributed by atoms with van der Waals surface area (Å²) in [6.07, 6.45) is 2.09. The van der Waals surface area contributed by atoms with E-state index in [9.17, 15) is 4.79 Å². The van der Waals surface area contributed by atoms with E-state index in [2.05, 4.69) is 9.97 Å². The summed E-state index contributed by atoms with van der Waals surface area (Å²) >= 11 is 1.52. The molecule has 1 N–H and O–H groups in total. The number of thiazole rings is 1. The van der Waals surface area contributed by atoms with Crippen molar-refractivity contribution < 1.29 is 14.3 Å². The van der Waals surface area contributed by atoms with Crippen LogP contribution in [0.15, 0.2) is 60.1 Å². The Labute approximate surface area is 160 Å². The average Bonchev–Trinajstić information content (AvgIpc) is 3.34. The monoisotopic (exact) mass is 378 g/mol. The van der Waals surface area contributed by atoms with Gasteiger partial charge in [0.1, 0.15) is 17.4 Å². The number of para-hydroxylation sites is 1. The van der Waals surface area contributed by atoms with Gasteiger partial charge in [-0.3, -0.25) is 4.79 Å². The molecule has 0 aliphatic carbocycles. The first-order valence-corrected chi connectivity index (χ1v) is 9.40.